The summed E-state index contributed by atoms with van der Waals surface area (Å²) in [5, 5.41) is 3.05. The van der Waals surface area contributed by atoms with Gasteiger partial charge in [0.25, 0.3) is 0 Å². The Labute approximate surface area is 478 Å². The van der Waals surface area contributed by atoms with Crippen LogP contribution in [-0.4, -0.2) is 74.3 Å². The van der Waals surface area contributed by atoms with E-state index in [1.807, 2.05) is 39.4 Å². The summed E-state index contributed by atoms with van der Waals surface area (Å²) in [6.07, 6.45) is 71.4. The van der Waals surface area contributed by atoms with E-state index < -0.39 is 20.0 Å². The van der Waals surface area contributed by atoms with E-state index in [9.17, 15) is 19.0 Å². The summed E-state index contributed by atoms with van der Waals surface area (Å²) in [7, 11) is 1.48. The number of esters is 1. The molecule has 10 heteroatoms. The molecule has 0 saturated carbocycles. The van der Waals surface area contributed by atoms with Gasteiger partial charge in [-0.05, 0) is 76.7 Å². The largest absolute Gasteiger partial charge is 0.472 e. The van der Waals surface area contributed by atoms with Crippen molar-refractivity contribution in [1.82, 2.24) is 5.32 Å². The highest BCUT2D eigenvalue weighted by Crippen LogP contribution is 2.43. The van der Waals surface area contributed by atoms with E-state index in [4.69, 9.17) is 13.8 Å². The van der Waals surface area contributed by atoms with E-state index in [2.05, 4.69) is 56.5 Å². The topological polar surface area (TPSA) is 111 Å². The second-order valence-electron chi connectivity index (χ2n) is 23.6. The van der Waals surface area contributed by atoms with Crippen LogP contribution in [0.1, 0.15) is 316 Å². The van der Waals surface area contributed by atoms with Crippen molar-refractivity contribution in [3.8, 4) is 0 Å². The summed E-state index contributed by atoms with van der Waals surface area (Å²) in [6, 6.07) is -0.869. The first-order valence-electron chi connectivity index (χ1n) is 33.0. The molecular weight excluding hydrogens is 976 g/mol. The number of amides is 1. The third-order valence-electron chi connectivity index (χ3n) is 14.8. The normalized spacial score (nSPS) is 13.9. The quantitative estimate of drug-likeness (QED) is 0.0205. The fourth-order valence-corrected chi connectivity index (χ4v) is 10.4. The Kier molecular flexibility index (Phi) is 55.7. The van der Waals surface area contributed by atoms with Crippen LogP contribution in [0.25, 0.3) is 0 Å². The first-order chi connectivity index (χ1) is 37.4. The van der Waals surface area contributed by atoms with Crippen molar-refractivity contribution in [1.29, 1.82) is 0 Å². The summed E-state index contributed by atoms with van der Waals surface area (Å²) in [6.45, 7) is 7.00. The number of hydrogen-bond acceptors (Lipinski definition) is 6. The maximum Gasteiger partial charge on any atom is 0.472 e. The molecule has 0 aliphatic rings. The molecule has 0 aromatic heterocycles. The van der Waals surface area contributed by atoms with Crippen molar-refractivity contribution in [3.63, 3.8) is 0 Å². The molecule has 0 spiro atoms. The van der Waals surface area contributed by atoms with Gasteiger partial charge in [0, 0.05) is 12.8 Å². The van der Waals surface area contributed by atoms with Crippen LogP contribution in [0.2, 0.25) is 0 Å². The average Bonchev–Trinajstić information content (AvgIpc) is 3.39. The zero-order valence-corrected chi connectivity index (χ0v) is 52.6. The Hall–Kier alpha value is -2.03. The van der Waals surface area contributed by atoms with Crippen LogP contribution < -0.4 is 5.32 Å². The Balaban J connectivity index is 5.11. The first-order valence-corrected chi connectivity index (χ1v) is 34.5. The molecule has 3 unspecified atom stereocenters. The molecule has 0 aromatic rings. The van der Waals surface area contributed by atoms with E-state index in [0.717, 1.165) is 51.4 Å². The molecular formula is C67H128N2O7P+. The highest BCUT2D eigenvalue weighted by Gasteiger charge is 2.30. The number of quaternary nitrogens is 1. The van der Waals surface area contributed by atoms with Gasteiger partial charge in [-0.25, -0.2) is 4.57 Å². The number of hydrogen-bond donors (Lipinski definition) is 2. The van der Waals surface area contributed by atoms with Crippen LogP contribution in [0, 0.1) is 0 Å². The molecule has 1 amide bonds. The summed E-state index contributed by atoms with van der Waals surface area (Å²) in [5.74, 6) is -0.572. The van der Waals surface area contributed by atoms with Gasteiger partial charge in [-0.2, -0.15) is 0 Å². The lowest BCUT2D eigenvalue weighted by Crippen LogP contribution is -2.47. The van der Waals surface area contributed by atoms with Crippen molar-refractivity contribution in [2.45, 2.75) is 328 Å². The van der Waals surface area contributed by atoms with Crippen molar-refractivity contribution in [2.24, 2.45) is 0 Å². The number of nitrogens with zero attached hydrogens (tertiary/aromatic N) is 1. The minimum Gasteiger partial charge on any atom is -0.456 e. The number of rotatable bonds is 60. The minimum atomic E-state index is -4.46. The van der Waals surface area contributed by atoms with E-state index in [1.54, 1.807) is 0 Å². The average molecular weight is 1100 g/mol. The van der Waals surface area contributed by atoms with Gasteiger partial charge in [0.05, 0.1) is 33.8 Å². The molecule has 0 fully saturated rings. The summed E-state index contributed by atoms with van der Waals surface area (Å²) in [4.78, 5) is 37.7. The monoisotopic (exact) mass is 1100 g/mol. The number of phosphoric acid groups is 1. The van der Waals surface area contributed by atoms with Crippen molar-refractivity contribution >= 4 is 19.7 Å². The maximum atomic E-state index is 13.6. The lowest BCUT2D eigenvalue weighted by Gasteiger charge is -2.27. The number of allylic oxidation sites excluding steroid dienone is 7. The SMILES string of the molecule is CCCCCCCC/C=C\C/C=C/CCC(=O)OC(/C=C\CCCCCCCCCCCCC)C(COP(=O)(O)OCC[N+](C)(C)C)NC(=O)CCCCCCCCCCCCCCCCC/C=C/CCCCCCCC. The van der Waals surface area contributed by atoms with Crippen LogP contribution in [0.3, 0.4) is 0 Å². The van der Waals surface area contributed by atoms with Gasteiger partial charge in [-0.3, -0.25) is 18.6 Å². The second kappa shape index (κ2) is 57.2. The molecule has 2 N–H and O–H groups in total. The fourth-order valence-electron chi connectivity index (χ4n) is 9.64. The van der Waals surface area contributed by atoms with Gasteiger partial charge >= 0.3 is 13.8 Å². The zero-order chi connectivity index (χ0) is 56.4. The number of ether oxygens (including phenoxy) is 1. The number of nitrogens with one attached hydrogen (secondary N) is 1. The van der Waals surface area contributed by atoms with E-state index in [0.29, 0.717) is 23.9 Å². The van der Waals surface area contributed by atoms with Crippen LogP contribution in [0.15, 0.2) is 48.6 Å². The van der Waals surface area contributed by atoms with E-state index >= 15 is 0 Å². The van der Waals surface area contributed by atoms with Crippen molar-refractivity contribution in [3.05, 3.63) is 48.6 Å². The zero-order valence-electron chi connectivity index (χ0n) is 51.7. The van der Waals surface area contributed by atoms with Crippen LogP contribution in [-0.2, 0) is 27.9 Å². The van der Waals surface area contributed by atoms with Gasteiger partial charge < -0.3 is 19.4 Å². The molecule has 0 aromatic carbocycles. The third kappa shape index (κ3) is 58.4. The Morgan fingerprint density at radius 1 is 0.455 bits per heavy atom. The van der Waals surface area contributed by atoms with Crippen molar-refractivity contribution in [2.75, 3.05) is 40.9 Å². The summed E-state index contributed by atoms with van der Waals surface area (Å²) < 4.78 is 30.7. The van der Waals surface area contributed by atoms with Gasteiger partial charge in [-0.15, -0.1) is 0 Å². The molecule has 3 atom stereocenters. The predicted octanol–water partition coefficient (Wildman–Crippen LogP) is 20.5. The minimum absolute atomic E-state index is 0.0339. The number of unbranched alkanes of at least 4 members (excludes halogenated alkanes) is 38. The second-order valence-corrected chi connectivity index (χ2v) is 25.1. The van der Waals surface area contributed by atoms with Gasteiger partial charge in [0.2, 0.25) is 5.91 Å². The van der Waals surface area contributed by atoms with Gasteiger partial charge in [0.1, 0.15) is 19.3 Å². The molecule has 0 bridgehead atoms. The molecule has 77 heavy (non-hydrogen) atoms. The maximum absolute atomic E-state index is 13.6. The Bertz CT molecular complexity index is 1460. The molecule has 0 aliphatic carbocycles. The smallest absolute Gasteiger partial charge is 0.456 e. The molecule has 9 nitrogen and oxygen atoms in total. The van der Waals surface area contributed by atoms with E-state index in [1.165, 1.54) is 225 Å². The molecule has 0 saturated heterocycles. The number of likely N-dealkylation sites (N-methyl/N-ethyl adjacent to an activating group) is 1. The lowest BCUT2D eigenvalue weighted by molar-refractivity contribution is -0.870. The number of carbonyl (C=O) groups is 2. The molecule has 0 aliphatic heterocycles. The van der Waals surface area contributed by atoms with Gasteiger partial charge in [0.15, 0.2) is 0 Å². The molecule has 0 heterocycles. The Morgan fingerprint density at radius 3 is 1.21 bits per heavy atom. The highest BCUT2D eigenvalue weighted by atomic mass is 31.2. The van der Waals surface area contributed by atoms with E-state index in [-0.39, 0.29) is 31.5 Å². The van der Waals surface area contributed by atoms with Crippen LogP contribution in [0.5, 0.6) is 0 Å². The predicted molar refractivity (Wildman–Crippen MR) is 332 cm³/mol. The number of carbonyl (C=O) groups excluding carboxylic acids is 2. The highest BCUT2D eigenvalue weighted by molar-refractivity contribution is 7.47. The molecule has 452 valence electrons. The molecule has 0 rings (SSSR count). The van der Waals surface area contributed by atoms with Crippen LogP contribution >= 0.6 is 7.82 Å². The number of phosphoric ester groups is 1. The summed E-state index contributed by atoms with van der Waals surface area (Å²) in [5.41, 5.74) is 0. The third-order valence-corrected chi connectivity index (χ3v) is 15.7. The first kappa shape index (κ1) is 75.0. The fraction of sp³-hybridized carbons (Fsp3) is 0.851. The standard InChI is InChI=1S/C67H127N2O7P/c1-7-10-13-16-19-22-25-28-29-30-31-32-33-34-35-36-37-38-39-42-44-47-50-53-56-59-66(70)68-64(63-75-77(72,73)74-62-61-69(4,5)6)65(58-55-52-49-46-43-40-26-23-20-17-14-11-8-2)76-67(71)60-57-54-51-48-45-41-27-24-21-18-15-12-9-3/h28-29,41,45,51,54-55,58,64-65H,7-27,30-40,42-44,46-50,52-53,56-57,59-63H2,1-6H3,(H-,68,70,72,73)/p+1/b29-28+,45-41-,54-51+,58-55-. The Morgan fingerprint density at radius 2 is 0.805 bits per heavy atom. The lowest BCUT2D eigenvalue weighted by atomic mass is 10.0. The van der Waals surface area contributed by atoms with Crippen molar-refractivity contribution < 1.29 is 37.3 Å². The van der Waals surface area contributed by atoms with Gasteiger partial charge in [-0.1, -0.05) is 275 Å². The van der Waals surface area contributed by atoms with Crippen LogP contribution in [0.4, 0.5) is 0 Å². The summed E-state index contributed by atoms with van der Waals surface area (Å²) >= 11 is 0. The molecule has 0 radical (unpaired) electrons.